The maximum absolute atomic E-state index is 13.4. The number of piperidine rings is 3. The first kappa shape index (κ1) is 39.4. The number of rotatable bonds is 10. The number of carbonyl (C=O) groups excluding carboxylic acids is 5. The van der Waals surface area contributed by atoms with Gasteiger partial charge in [0.1, 0.15) is 11.9 Å². The van der Waals surface area contributed by atoms with E-state index in [0.717, 1.165) is 94.2 Å². The molecule has 0 unspecified atom stereocenters. The van der Waals surface area contributed by atoms with Gasteiger partial charge in [-0.15, -0.1) is 0 Å². The van der Waals surface area contributed by atoms with Gasteiger partial charge >= 0.3 is 6.03 Å². The minimum absolute atomic E-state index is 0.0506. The van der Waals surface area contributed by atoms with Crippen LogP contribution in [0.2, 0.25) is 0 Å². The molecule has 0 radical (unpaired) electrons. The number of carbonyl (C=O) groups is 5. The number of hydrogen-bond acceptors (Lipinski definition) is 12. The maximum atomic E-state index is 13.4. The van der Waals surface area contributed by atoms with Crippen molar-refractivity contribution in [3.8, 4) is 0 Å². The van der Waals surface area contributed by atoms with E-state index in [-0.39, 0.29) is 29.5 Å². The molecule has 3 atom stereocenters. The van der Waals surface area contributed by atoms with E-state index in [0.29, 0.717) is 66.1 Å². The summed E-state index contributed by atoms with van der Waals surface area (Å²) in [5.74, 6) is -0.154. The number of aromatic nitrogens is 3. The van der Waals surface area contributed by atoms with Crippen molar-refractivity contribution in [3.05, 3.63) is 77.5 Å². The molecule has 8 heterocycles. The fourth-order valence-corrected chi connectivity index (χ4v) is 9.81. The molecule has 17 heteroatoms. The van der Waals surface area contributed by atoms with Crippen molar-refractivity contribution in [2.24, 2.45) is 11.7 Å². The first-order chi connectivity index (χ1) is 29.0. The summed E-state index contributed by atoms with van der Waals surface area (Å²) < 4.78 is 0. The van der Waals surface area contributed by atoms with Crippen molar-refractivity contribution in [2.75, 3.05) is 81.1 Å². The zero-order chi connectivity index (χ0) is 41.7. The van der Waals surface area contributed by atoms with Crippen LogP contribution in [0.15, 0.2) is 55.0 Å². The monoisotopic (exact) mass is 816 g/mol. The number of primary amides is 1. The first-order valence-electron chi connectivity index (χ1n) is 21.1. The van der Waals surface area contributed by atoms with E-state index in [2.05, 4.69) is 36.9 Å². The van der Waals surface area contributed by atoms with Crippen LogP contribution in [0.1, 0.15) is 87.8 Å². The SMILES string of the molecule is C=C1CC[C@@H](N2C(=O)c3ccc(N4CC[C@H](CN5CCC(c6ccc(Nc7nc(N8CCC[C@@H](N9CCN(C)C9=O)C8)cnc7C(N)=O)cn6)CC5)C4)cc3C2=O)C(=O)N1. The van der Waals surface area contributed by atoms with Gasteiger partial charge in [0.25, 0.3) is 17.7 Å². The van der Waals surface area contributed by atoms with Gasteiger partial charge in [-0.3, -0.25) is 29.1 Å². The highest BCUT2D eigenvalue weighted by atomic mass is 16.2. The summed E-state index contributed by atoms with van der Waals surface area (Å²) in [5.41, 5.74) is 9.71. The number of urea groups is 1. The zero-order valence-electron chi connectivity index (χ0n) is 34.0. The summed E-state index contributed by atoms with van der Waals surface area (Å²) in [4.78, 5) is 90.1. The van der Waals surface area contributed by atoms with Crippen molar-refractivity contribution in [2.45, 2.75) is 62.9 Å². The molecule has 1 aromatic carbocycles. The minimum Gasteiger partial charge on any atom is -0.371 e. The number of allylic oxidation sites excluding steroid dienone is 1. The minimum atomic E-state index is -0.821. The quantitative estimate of drug-likeness (QED) is 0.254. The van der Waals surface area contributed by atoms with Crippen LogP contribution >= 0.6 is 0 Å². The molecule has 5 fully saturated rings. The van der Waals surface area contributed by atoms with Crippen molar-refractivity contribution in [1.82, 2.24) is 39.9 Å². The van der Waals surface area contributed by atoms with E-state index in [9.17, 15) is 24.0 Å². The van der Waals surface area contributed by atoms with Crippen molar-refractivity contribution in [1.29, 1.82) is 0 Å². The third kappa shape index (κ3) is 7.61. The van der Waals surface area contributed by atoms with E-state index in [1.807, 2.05) is 36.2 Å². The van der Waals surface area contributed by atoms with Crippen LogP contribution in [0, 0.1) is 5.92 Å². The summed E-state index contributed by atoms with van der Waals surface area (Å²) in [7, 11) is 1.83. The highest BCUT2D eigenvalue weighted by molar-refractivity contribution is 6.23. The molecule has 17 nitrogen and oxygen atoms in total. The van der Waals surface area contributed by atoms with Crippen LogP contribution in [0.4, 0.5) is 27.8 Å². The molecule has 3 aromatic rings. The summed E-state index contributed by atoms with van der Waals surface area (Å²) in [5, 5.41) is 5.93. The van der Waals surface area contributed by atoms with E-state index >= 15 is 0 Å². The predicted octanol–water partition coefficient (Wildman–Crippen LogP) is 3.14. The van der Waals surface area contributed by atoms with Crippen LogP contribution in [0.25, 0.3) is 0 Å². The summed E-state index contributed by atoms with van der Waals surface area (Å²) in [6.45, 7) is 11.3. The lowest BCUT2D eigenvalue weighted by molar-refractivity contribution is -0.125. The molecule has 0 spiro atoms. The number of benzene rings is 1. The zero-order valence-corrected chi connectivity index (χ0v) is 34.0. The van der Waals surface area contributed by atoms with Gasteiger partial charge < -0.3 is 40.9 Å². The standard InChI is InChI=1S/C43H52N12O5/c1-26-5-10-35(40(57)47-26)55-41(58)32-8-7-30(20-33(32)42(55)59)52-17-11-27(24-52)23-51-15-12-28(13-16-51)34-9-6-29(21-45-34)48-39-37(38(44)56)46-22-36(49-39)53-14-3-4-31(25-53)54-19-18-50(2)43(54)60/h6-9,20-22,27-28,31,35H,1,3-5,10-19,23-25H2,2H3,(H2,44,56)(H,47,57)(H,48,49)/t27-,31-,35-/m1/s1. The number of likely N-dealkylation sites (N-methyl/N-ethyl adjacent to an activating group) is 1. The molecular weight excluding hydrogens is 765 g/mol. The molecule has 60 heavy (non-hydrogen) atoms. The van der Waals surface area contributed by atoms with Crippen molar-refractivity contribution >= 4 is 52.7 Å². The highest BCUT2D eigenvalue weighted by Crippen LogP contribution is 2.35. The average molecular weight is 817 g/mol. The molecule has 0 saturated carbocycles. The fraction of sp³-hybridized carbons (Fsp3) is 0.488. The Kier molecular flexibility index (Phi) is 10.6. The van der Waals surface area contributed by atoms with Crippen molar-refractivity contribution < 1.29 is 24.0 Å². The van der Waals surface area contributed by atoms with Crippen LogP contribution in [0.3, 0.4) is 0 Å². The number of fused-ring (bicyclic) bond motifs is 1. The van der Waals surface area contributed by atoms with Gasteiger partial charge in [-0.2, -0.15) is 0 Å². The number of nitrogens with zero attached hydrogens (tertiary/aromatic N) is 9. The number of hydrogen-bond donors (Lipinski definition) is 3. The van der Waals surface area contributed by atoms with E-state index < -0.39 is 23.8 Å². The lowest BCUT2D eigenvalue weighted by Gasteiger charge is -2.37. The highest BCUT2D eigenvalue weighted by Gasteiger charge is 2.44. The van der Waals surface area contributed by atoms with E-state index in [4.69, 9.17) is 15.7 Å². The van der Waals surface area contributed by atoms with Gasteiger partial charge in [-0.25, -0.2) is 14.8 Å². The Hall–Kier alpha value is -6.10. The number of anilines is 4. The normalized spacial score (nSPS) is 24.1. The van der Waals surface area contributed by atoms with E-state index in [1.54, 1.807) is 23.4 Å². The Morgan fingerprint density at radius 2 is 1.70 bits per heavy atom. The summed E-state index contributed by atoms with van der Waals surface area (Å²) >= 11 is 0. The molecule has 5 saturated heterocycles. The molecule has 9 rings (SSSR count). The van der Waals surface area contributed by atoms with Gasteiger partial charge in [0.15, 0.2) is 11.5 Å². The average Bonchev–Trinajstić information content (AvgIpc) is 3.93. The number of nitrogens with one attached hydrogen (secondary N) is 2. The molecule has 314 valence electrons. The molecular formula is C43H52N12O5. The molecule has 2 aromatic heterocycles. The third-order valence-corrected chi connectivity index (χ3v) is 13.2. The number of likely N-dealkylation sites (tertiary alicyclic amines) is 1. The lowest BCUT2D eigenvalue weighted by Crippen LogP contribution is -2.51. The second-order valence-electron chi connectivity index (χ2n) is 17.1. The lowest BCUT2D eigenvalue weighted by atomic mass is 9.92. The second-order valence-corrected chi connectivity index (χ2v) is 17.1. The summed E-state index contributed by atoms with van der Waals surface area (Å²) in [6, 6.07) is 8.78. The van der Waals surface area contributed by atoms with Crippen LogP contribution in [-0.4, -0.2) is 142 Å². The maximum Gasteiger partial charge on any atom is 0.320 e. The molecule has 6 amide bonds. The topological polar surface area (TPSA) is 194 Å². The van der Waals surface area contributed by atoms with Gasteiger partial charge in [0.05, 0.1) is 35.2 Å². The number of amides is 6. The Morgan fingerprint density at radius 1 is 0.883 bits per heavy atom. The number of imide groups is 1. The van der Waals surface area contributed by atoms with E-state index in [1.165, 1.54) is 0 Å². The smallest absolute Gasteiger partial charge is 0.320 e. The Bertz CT molecular complexity index is 2230. The Morgan fingerprint density at radius 3 is 2.43 bits per heavy atom. The molecule has 4 N–H and O–H groups in total. The molecule has 6 aliphatic rings. The van der Waals surface area contributed by atoms with Gasteiger partial charge in [0.2, 0.25) is 5.91 Å². The first-order valence-corrected chi connectivity index (χ1v) is 21.1. The second kappa shape index (κ2) is 16.2. The molecule has 0 bridgehead atoms. The van der Waals surface area contributed by atoms with Crippen LogP contribution < -0.4 is 26.2 Å². The number of nitrogens with two attached hydrogens (primary N) is 1. The fourth-order valence-electron chi connectivity index (χ4n) is 9.81. The Labute approximate surface area is 349 Å². The van der Waals surface area contributed by atoms with Crippen molar-refractivity contribution in [3.63, 3.8) is 0 Å². The van der Waals surface area contributed by atoms with Gasteiger partial charge in [-0.05, 0) is 94.3 Å². The summed E-state index contributed by atoms with van der Waals surface area (Å²) in [6.07, 6.45) is 9.13. The van der Waals surface area contributed by atoms with Crippen LogP contribution in [-0.2, 0) is 4.79 Å². The van der Waals surface area contributed by atoms with Crippen LogP contribution in [0.5, 0.6) is 0 Å². The molecule has 0 aliphatic carbocycles. The predicted molar refractivity (Wildman–Crippen MR) is 224 cm³/mol. The van der Waals surface area contributed by atoms with Gasteiger partial charge in [0, 0.05) is 75.9 Å². The largest absolute Gasteiger partial charge is 0.371 e. The Balaban J connectivity index is 0.771. The number of pyridine rings is 1. The third-order valence-electron chi connectivity index (χ3n) is 13.2. The van der Waals surface area contributed by atoms with Gasteiger partial charge in [-0.1, -0.05) is 6.58 Å². The molecule has 6 aliphatic heterocycles.